The number of aliphatic imine (C=N–C) groups is 1. The number of benzene rings is 2. The Kier molecular flexibility index (Phi) is 6.49. The van der Waals surface area contributed by atoms with Crippen molar-refractivity contribution in [3.8, 4) is 5.75 Å². The molecule has 7 nitrogen and oxygen atoms in total. The number of nitro benzene ring substituents is 1. The van der Waals surface area contributed by atoms with E-state index in [1.807, 2.05) is 19.1 Å². The van der Waals surface area contributed by atoms with E-state index in [0.717, 1.165) is 15.4 Å². The van der Waals surface area contributed by atoms with E-state index in [1.54, 1.807) is 19.1 Å². The number of carbonyl (C=O) groups excluding carboxylic acids is 1. The second-order valence-electron chi connectivity index (χ2n) is 6.20. The molecule has 29 heavy (non-hydrogen) atoms. The van der Waals surface area contributed by atoms with E-state index >= 15 is 0 Å². The predicted molar refractivity (Wildman–Crippen MR) is 116 cm³/mol. The van der Waals surface area contributed by atoms with Gasteiger partial charge in [-0.05, 0) is 75.0 Å². The van der Waals surface area contributed by atoms with Crippen LogP contribution >= 0.6 is 31.9 Å². The molecule has 1 aliphatic rings. The molecule has 0 amide bonds. The van der Waals surface area contributed by atoms with Gasteiger partial charge in [0, 0.05) is 17.2 Å². The quantitative estimate of drug-likeness (QED) is 0.214. The highest BCUT2D eigenvalue weighted by atomic mass is 79.9. The molecule has 150 valence electrons. The molecule has 2 aromatic carbocycles. The Labute approximate surface area is 183 Å². The second-order valence-corrected chi connectivity index (χ2v) is 7.91. The molecule has 0 saturated heterocycles. The molecule has 2 aromatic rings. The van der Waals surface area contributed by atoms with Crippen molar-refractivity contribution >= 4 is 55.5 Å². The van der Waals surface area contributed by atoms with Crippen molar-refractivity contribution in [1.29, 1.82) is 0 Å². The van der Waals surface area contributed by atoms with Gasteiger partial charge in [-0.3, -0.25) is 10.1 Å². The standard InChI is InChI=1S/C20H16Br2N2O5/c1-3-7-28-18-14(21)8-12(9-15(18)22)10-16-20(25)29-19(23-16)13-5-4-6-17(11(13)2)24(26)27/h4-6,8-10H,3,7H2,1-2H3/b16-10-. The van der Waals surface area contributed by atoms with Gasteiger partial charge in [-0.25, -0.2) is 9.79 Å². The monoisotopic (exact) mass is 522 g/mol. The summed E-state index contributed by atoms with van der Waals surface area (Å²) in [5.41, 5.74) is 1.54. The number of hydrogen-bond donors (Lipinski definition) is 0. The van der Waals surface area contributed by atoms with Gasteiger partial charge in [0.1, 0.15) is 5.75 Å². The summed E-state index contributed by atoms with van der Waals surface area (Å²) in [6, 6.07) is 8.17. The SMILES string of the molecule is CCCOc1c(Br)cc(/C=C2\N=C(c3cccc([N+](=O)[O-])c3C)OC2=O)cc1Br. The average molecular weight is 524 g/mol. The first-order chi connectivity index (χ1) is 13.8. The van der Waals surface area contributed by atoms with Crippen LogP contribution in [0, 0.1) is 17.0 Å². The van der Waals surface area contributed by atoms with E-state index in [-0.39, 0.29) is 17.3 Å². The van der Waals surface area contributed by atoms with E-state index in [2.05, 4.69) is 36.9 Å². The van der Waals surface area contributed by atoms with Gasteiger partial charge in [0.25, 0.3) is 5.69 Å². The molecule has 0 saturated carbocycles. The first kappa shape index (κ1) is 21.2. The lowest BCUT2D eigenvalue weighted by molar-refractivity contribution is -0.385. The van der Waals surface area contributed by atoms with E-state index in [4.69, 9.17) is 9.47 Å². The van der Waals surface area contributed by atoms with Crippen molar-refractivity contribution in [2.75, 3.05) is 6.61 Å². The maximum absolute atomic E-state index is 12.3. The zero-order valence-corrected chi connectivity index (χ0v) is 18.7. The molecule has 9 heteroatoms. The predicted octanol–water partition coefficient (Wildman–Crippen LogP) is 5.56. The van der Waals surface area contributed by atoms with Gasteiger partial charge >= 0.3 is 5.97 Å². The van der Waals surface area contributed by atoms with Crippen molar-refractivity contribution in [2.45, 2.75) is 20.3 Å². The molecule has 3 rings (SSSR count). The van der Waals surface area contributed by atoms with Crippen LogP contribution in [0.5, 0.6) is 5.75 Å². The summed E-state index contributed by atoms with van der Waals surface area (Å²) in [7, 11) is 0. The largest absolute Gasteiger partial charge is 0.491 e. The van der Waals surface area contributed by atoms with Crippen LogP contribution in [-0.2, 0) is 9.53 Å². The topological polar surface area (TPSA) is 91.0 Å². The highest BCUT2D eigenvalue weighted by Gasteiger charge is 2.27. The van der Waals surface area contributed by atoms with Crippen LogP contribution in [-0.4, -0.2) is 23.4 Å². The maximum atomic E-state index is 12.3. The summed E-state index contributed by atoms with van der Waals surface area (Å²) >= 11 is 6.94. The summed E-state index contributed by atoms with van der Waals surface area (Å²) in [4.78, 5) is 27.2. The number of nitrogens with zero attached hydrogens (tertiary/aromatic N) is 2. The van der Waals surface area contributed by atoms with Gasteiger partial charge in [-0.15, -0.1) is 0 Å². The Bertz CT molecular complexity index is 1040. The van der Waals surface area contributed by atoms with Crippen molar-refractivity contribution in [2.24, 2.45) is 4.99 Å². The van der Waals surface area contributed by atoms with E-state index in [0.29, 0.717) is 29.0 Å². The molecule has 0 fully saturated rings. The third-order valence-electron chi connectivity index (χ3n) is 4.13. The highest BCUT2D eigenvalue weighted by molar-refractivity contribution is 9.11. The summed E-state index contributed by atoms with van der Waals surface area (Å²) in [5, 5.41) is 11.1. The second kappa shape index (κ2) is 8.87. The van der Waals surface area contributed by atoms with Crippen LogP contribution in [0.2, 0.25) is 0 Å². The molecule has 0 atom stereocenters. The van der Waals surface area contributed by atoms with Gasteiger partial charge < -0.3 is 9.47 Å². The average Bonchev–Trinajstić information content (AvgIpc) is 3.01. The summed E-state index contributed by atoms with van der Waals surface area (Å²) in [5.74, 6) is 0.104. The zero-order chi connectivity index (χ0) is 21.1. The fourth-order valence-electron chi connectivity index (χ4n) is 2.74. The summed E-state index contributed by atoms with van der Waals surface area (Å²) in [6.07, 6.45) is 2.46. The number of nitro groups is 1. The molecular formula is C20H16Br2N2O5. The first-order valence-corrected chi connectivity index (χ1v) is 10.3. The smallest absolute Gasteiger partial charge is 0.363 e. The van der Waals surface area contributed by atoms with Crippen LogP contribution in [0.25, 0.3) is 6.08 Å². The molecule has 0 spiro atoms. The van der Waals surface area contributed by atoms with Crippen LogP contribution in [0.3, 0.4) is 0 Å². The first-order valence-electron chi connectivity index (χ1n) is 8.70. The Morgan fingerprint density at radius 2 is 1.97 bits per heavy atom. The minimum Gasteiger partial charge on any atom is -0.491 e. The Balaban J connectivity index is 1.96. The van der Waals surface area contributed by atoms with E-state index in [9.17, 15) is 14.9 Å². The van der Waals surface area contributed by atoms with Gasteiger partial charge in [0.05, 0.1) is 20.5 Å². The lowest BCUT2D eigenvalue weighted by Crippen LogP contribution is -2.08. The van der Waals surface area contributed by atoms with Gasteiger partial charge in [-0.1, -0.05) is 13.0 Å². The third-order valence-corrected chi connectivity index (χ3v) is 5.31. The van der Waals surface area contributed by atoms with Crippen molar-refractivity contribution in [3.63, 3.8) is 0 Å². The minimum absolute atomic E-state index is 0.0449. The lowest BCUT2D eigenvalue weighted by Gasteiger charge is -2.10. The number of esters is 1. The number of halogens is 2. The molecule has 1 aliphatic heterocycles. The van der Waals surface area contributed by atoms with E-state index < -0.39 is 10.9 Å². The minimum atomic E-state index is -0.621. The fourth-order valence-corrected chi connectivity index (χ4v) is 4.19. The Morgan fingerprint density at radius 3 is 2.59 bits per heavy atom. The number of rotatable bonds is 6. The van der Waals surface area contributed by atoms with Crippen LogP contribution in [0.15, 0.2) is 50.0 Å². The van der Waals surface area contributed by atoms with Crippen LogP contribution in [0.4, 0.5) is 5.69 Å². The Morgan fingerprint density at radius 1 is 1.28 bits per heavy atom. The molecule has 0 N–H and O–H groups in total. The van der Waals surface area contributed by atoms with Crippen LogP contribution < -0.4 is 4.74 Å². The van der Waals surface area contributed by atoms with Crippen molar-refractivity contribution in [1.82, 2.24) is 0 Å². The van der Waals surface area contributed by atoms with Gasteiger partial charge in [-0.2, -0.15) is 0 Å². The normalized spacial score (nSPS) is 14.7. The van der Waals surface area contributed by atoms with Gasteiger partial charge in [0.2, 0.25) is 5.90 Å². The van der Waals surface area contributed by atoms with E-state index in [1.165, 1.54) is 12.1 Å². The number of hydrogen-bond acceptors (Lipinski definition) is 6. The zero-order valence-electron chi connectivity index (χ0n) is 15.6. The summed E-state index contributed by atoms with van der Waals surface area (Å²) < 4.78 is 12.4. The van der Waals surface area contributed by atoms with Crippen molar-refractivity contribution in [3.05, 3.63) is 71.8 Å². The molecule has 0 aromatic heterocycles. The van der Waals surface area contributed by atoms with Crippen molar-refractivity contribution < 1.29 is 19.2 Å². The molecule has 0 unspecified atom stereocenters. The third kappa shape index (κ3) is 4.56. The number of carbonyl (C=O) groups is 1. The van der Waals surface area contributed by atoms with Gasteiger partial charge in [0.15, 0.2) is 5.70 Å². The maximum Gasteiger partial charge on any atom is 0.363 e. The molecule has 1 heterocycles. The Hall–Kier alpha value is -2.52. The fraction of sp³-hybridized carbons (Fsp3) is 0.200. The molecule has 0 aliphatic carbocycles. The highest BCUT2D eigenvalue weighted by Crippen LogP contribution is 2.36. The molecule has 0 bridgehead atoms. The number of ether oxygens (including phenoxy) is 2. The summed E-state index contributed by atoms with van der Waals surface area (Å²) in [6.45, 7) is 4.19. The number of cyclic esters (lactones) is 1. The molecule has 0 radical (unpaired) electrons. The van der Waals surface area contributed by atoms with Crippen LogP contribution in [0.1, 0.15) is 30.0 Å². The molecular weight excluding hydrogens is 508 g/mol. The lowest BCUT2D eigenvalue weighted by atomic mass is 10.1.